The molecule has 0 spiro atoms. The van der Waals surface area contributed by atoms with Crippen LogP contribution < -0.4 is 11.1 Å². The Morgan fingerprint density at radius 2 is 2.18 bits per heavy atom. The van der Waals surface area contributed by atoms with Crippen LogP contribution in [0.3, 0.4) is 0 Å². The number of nitrogens with one attached hydrogen (secondary N) is 1. The van der Waals surface area contributed by atoms with Gasteiger partial charge in [-0.05, 0) is 0 Å². The van der Waals surface area contributed by atoms with Crippen molar-refractivity contribution >= 4 is 11.6 Å². The lowest BCUT2D eigenvalue weighted by molar-refractivity contribution is -0.385. The first-order chi connectivity index (χ1) is 8.06. The van der Waals surface area contributed by atoms with E-state index in [1.165, 1.54) is 6.07 Å². The number of carbonyl (C=O) groups excluding carboxylic acids is 1. The molecule has 0 fully saturated rings. The van der Waals surface area contributed by atoms with Crippen molar-refractivity contribution in [1.82, 2.24) is 5.32 Å². The summed E-state index contributed by atoms with van der Waals surface area (Å²) in [6.45, 7) is 2.10. The van der Waals surface area contributed by atoms with E-state index in [1.807, 2.05) is 0 Å². The first kappa shape index (κ1) is 13.1. The Morgan fingerprint density at radius 3 is 2.76 bits per heavy atom. The molecule has 1 unspecified atom stereocenters. The fourth-order valence-corrected chi connectivity index (χ4v) is 1.30. The molecule has 0 heterocycles. The maximum Gasteiger partial charge on any atom is 0.274 e. The number of rotatable bonds is 5. The van der Waals surface area contributed by atoms with E-state index in [4.69, 9.17) is 5.73 Å². The third-order valence-electron chi connectivity index (χ3n) is 2.44. The molecule has 92 valence electrons. The average Bonchev–Trinajstić information content (AvgIpc) is 2.35. The number of nitro benzene ring substituents is 1. The lowest BCUT2D eigenvalue weighted by atomic mass is 10.1. The maximum atomic E-state index is 11.5. The van der Waals surface area contributed by atoms with Gasteiger partial charge in [0.1, 0.15) is 0 Å². The summed E-state index contributed by atoms with van der Waals surface area (Å²) in [6, 6.07) is 6.31. The molecular formula is C11H15N3O3. The highest BCUT2D eigenvalue weighted by Crippen LogP contribution is 2.17. The third-order valence-corrected chi connectivity index (χ3v) is 2.44. The zero-order valence-electron chi connectivity index (χ0n) is 9.55. The number of nitrogens with two attached hydrogens (primary N) is 1. The molecule has 3 N–H and O–H groups in total. The molecule has 1 aromatic rings. The second-order valence-electron chi connectivity index (χ2n) is 3.74. The minimum atomic E-state index is -0.464. The van der Waals surface area contributed by atoms with Crippen LogP contribution in [0.5, 0.6) is 0 Å². The van der Waals surface area contributed by atoms with Gasteiger partial charge in [0.05, 0.1) is 4.92 Å². The van der Waals surface area contributed by atoms with Gasteiger partial charge >= 0.3 is 0 Å². The number of para-hydroxylation sites is 1. The Labute approximate surface area is 99.0 Å². The minimum absolute atomic E-state index is 0.00759. The number of hydrogen-bond donors (Lipinski definition) is 2. The van der Waals surface area contributed by atoms with E-state index in [9.17, 15) is 14.9 Å². The number of carbonyl (C=O) groups is 1. The smallest absolute Gasteiger partial charge is 0.274 e. The number of nitrogens with zero attached hydrogens (tertiary/aromatic N) is 1. The van der Waals surface area contributed by atoms with E-state index in [2.05, 4.69) is 5.32 Å². The molecule has 17 heavy (non-hydrogen) atoms. The van der Waals surface area contributed by atoms with E-state index < -0.39 is 4.92 Å². The zero-order chi connectivity index (χ0) is 12.8. The second kappa shape index (κ2) is 5.95. The van der Waals surface area contributed by atoms with Gasteiger partial charge in [-0.1, -0.05) is 25.1 Å². The average molecular weight is 237 g/mol. The SMILES string of the molecule is CC(CN)C(=O)NCc1ccccc1[N+](=O)[O-]. The topological polar surface area (TPSA) is 98.3 Å². The van der Waals surface area contributed by atoms with E-state index in [0.717, 1.165) is 0 Å². The predicted molar refractivity (Wildman–Crippen MR) is 63.2 cm³/mol. The summed E-state index contributed by atoms with van der Waals surface area (Å²) in [7, 11) is 0. The van der Waals surface area contributed by atoms with E-state index in [-0.39, 0.29) is 30.6 Å². The van der Waals surface area contributed by atoms with Gasteiger partial charge in [-0.25, -0.2) is 0 Å². The van der Waals surface area contributed by atoms with Crippen LogP contribution in [-0.4, -0.2) is 17.4 Å². The molecule has 1 rings (SSSR count). The third kappa shape index (κ3) is 3.53. The molecule has 0 saturated heterocycles. The molecule has 0 aliphatic heterocycles. The minimum Gasteiger partial charge on any atom is -0.351 e. The number of hydrogen-bond acceptors (Lipinski definition) is 4. The Balaban J connectivity index is 2.69. The van der Waals surface area contributed by atoms with E-state index in [0.29, 0.717) is 5.56 Å². The molecule has 1 amide bonds. The maximum absolute atomic E-state index is 11.5. The predicted octanol–water partition coefficient (Wildman–Crippen LogP) is 0.806. The van der Waals surface area contributed by atoms with Gasteiger partial charge in [-0.2, -0.15) is 0 Å². The summed E-state index contributed by atoms with van der Waals surface area (Å²) in [5.74, 6) is -0.497. The lowest BCUT2D eigenvalue weighted by Gasteiger charge is -2.09. The molecule has 6 nitrogen and oxygen atoms in total. The fourth-order valence-electron chi connectivity index (χ4n) is 1.30. The number of amides is 1. The van der Waals surface area contributed by atoms with Crippen LogP contribution in [0.2, 0.25) is 0 Å². The van der Waals surface area contributed by atoms with Crippen LogP contribution in [0, 0.1) is 16.0 Å². The fraction of sp³-hybridized carbons (Fsp3) is 0.364. The van der Waals surface area contributed by atoms with Crippen LogP contribution >= 0.6 is 0 Å². The van der Waals surface area contributed by atoms with Crippen molar-refractivity contribution in [2.75, 3.05) is 6.54 Å². The lowest BCUT2D eigenvalue weighted by Crippen LogP contribution is -2.32. The molecule has 6 heteroatoms. The van der Waals surface area contributed by atoms with Crippen molar-refractivity contribution in [3.05, 3.63) is 39.9 Å². The van der Waals surface area contributed by atoms with Crippen LogP contribution in [0.1, 0.15) is 12.5 Å². The van der Waals surface area contributed by atoms with Crippen molar-refractivity contribution in [3.63, 3.8) is 0 Å². The van der Waals surface area contributed by atoms with Crippen LogP contribution in [0.4, 0.5) is 5.69 Å². The van der Waals surface area contributed by atoms with Gasteiger partial charge < -0.3 is 11.1 Å². The highest BCUT2D eigenvalue weighted by atomic mass is 16.6. The van der Waals surface area contributed by atoms with Gasteiger partial charge in [0, 0.05) is 30.6 Å². The largest absolute Gasteiger partial charge is 0.351 e. The standard InChI is InChI=1S/C11H15N3O3/c1-8(6-12)11(15)13-7-9-4-2-3-5-10(9)14(16)17/h2-5,8H,6-7,12H2,1H3,(H,13,15). The number of benzene rings is 1. The van der Waals surface area contributed by atoms with Crippen molar-refractivity contribution < 1.29 is 9.72 Å². The highest BCUT2D eigenvalue weighted by molar-refractivity contribution is 5.78. The first-order valence-electron chi connectivity index (χ1n) is 5.26. The normalized spacial score (nSPS) is 11.9. The van der Waals surface area contributed by atoms with Crippen LogP contribution in [-0.2, 0) is 11.3 Å². The molecule has 1 aromatic carbocycles. The molecule has 0 aliphatic carbocycles. The summed E-state index contributed by atoms with van der Waals surface area (Å²) in [5.41, 5.74) is 5.84. The Bertz CT molecular complexity index is 420. The molecule has 0 saturated carbocycles. The Morgan fingerprint density at radius 1 is 1.53 bits per heavy atom. The molecule has 0 aromatic heterocycles. The van der Waals surface area contributed by atoms with Gasteiger partial charge in [-0.3, -0.25) is 14.9 Å². The molecular weight excluding hydrogens is 222 g/mol. The summed E-state index contributed by atoms with van der Waals surface area (Å²) in [4.78, 5) is 21.7. The van der Waals surface area contributed by atoms with E-state index >= 15 is 0 Å². The van der Waals surface area contributed by atoms with Gasteiger partial charge in [0.25, 0.3) is 5.69 Å². The first-order valence-corrected chi connectivity index (χ1v) is 5.26. The zero-order valence-corrected chi connectivity index (χ0v) is 9.55. The Kier molecular flexibility index (Phi) is 4.59. The van der Waals surface area contributed by atoms with Crippen LogP contribution in [0.25, 0.3) is 0 Å². The number of nitro groups is 1. The highest BCUT2D eigenvalue weighted by Gasteiger charge is 2.15. The van der Waals surface area contributed by atoms with Crippen LogP contribution in [0.15, 0.2) is 24.3 Å². The molecule has 0 radical (unpaired) electrons. The van der Waals surface area contributed by atoms with Gasteiger partial charge in [0.2, 0.25) is 5.91 Å². The quantitative estimate of drug-likeness (QED) is 0.584. The molecule has 0 bridgehead atoms. The summed E-state index contributed by atoms with van der Waals surface area (Å²) in [6.07, 6.45) is 0. The van der Waals surface area contributed by atoms with Gasteiger partial charge in [0.15, 0.2) is 0 Å². The van der Waals surface area contributed by atoms with Gasteiger partial charge in [-0.15, -0.1) is 0 Å². The second-order valence-corrected chi connectivity index (χ2v) is 3.74. The molecule has 1 atom stereocenters. The Hall–Kier alpha value is -1.95. The summed E-state index contributed by atoms with van der Waals surface area (Å²) >= 11 is 0. The summed E-state index contributed by atoms with van der Waals surface area (Å²) in [5, 5.41) is 13.4. The van der Waals surface area contributed by atoms with Crippen molar-refractivity contribution in [2.45, 2.75) is 13.5 Å². The van der Waals surface area contributed by atoms with E-state index in [1.54, 1.807) is 25.1 Å². The van der Waals surface area contributed by atoms with Crippen molar-refractivity contribution in [3.8, 4) is 0 Å². The molecule has 0 aliphatic rings. The summed E-state index contributed by atoms with van der Waals surface area (Å²) < 4.78 is 0. The monoisotopic (exact) mass is 237 g/mol. The van der Waals surface area contributed by atoms with Crippen molar-refractivity contribution in [1.29, 1.82) is 0 Å². The van der Waals surface area contributed by atoms with Crippen molar-refractivity contribution in [2.24, 2.45) is 11.7 Å².